The molecule has 0 spiro atoms. The van der Waals surface area contributed by atoms with Crippen LogP contribution >= 0.6 is 0 Å². The van der Waals surface area contributed by atoms with Crippen molar-refractivity contribution in [3.63, 3.8) is 0 Å². The summed E-state index contributed by atoms with van der Waals surface area (Å²) in [6, 6.07) is 19.2. The van der Waals surface area contributed by atoms with Gasteiger partial charge in [-0.3, -0.25) is 9.59 Å². The third kappa shape index (κ3) is 7.09. The van der Waals surface area contributed by atoms with Crippen LogP contribution in [0.5, 0.6) is 0 Å². The molecule has 2 heterocycles. The number of carbonyl (C=O) groups is 2. The van der Waals surface area contributed by atoms with Gasteiger partial charge in [0.25, 0.3) is 0 Å². The van der Waals surface area contributed by atoms with Crippen LogP contribution < -0.4 is 0 Å². The van der Waals surface area contributed by atoms with Crippen LogP contribution in [0.15, 0.2) is 60.7 Å². The van der Waals surface area contributed by atoms with Gasteiger partial charge in [0.05, 0.1) is 25.0 Å². The monoisotopic (exact) mass is 482 g/mol. The van der Waals surface area contributed by atoms with Gasteiger partial charge in [0.2, 0.25) is 11.8 Å². The summed E-state index contributed by atoms with van der Waals surface area (Å²) in [7, 11) is 0. The second-order valence-corrected chi connectivity index (χ2v) is 9.01. The van der Waals surface area contributed by atoms with Crippen LogP contribution in [0.25, 0.3) is 0 Å². The van der Waals surface area contributed by atoms with Gasteiger partial charge in [-0.2, -0.15) is 10.1 Å². The number of hydrogen-bond acceptors (Lipinski definition) is 7. The van der Waals surface area contributed by atoms with Crippen molar-refractivity contribution >= 4 is 11.8 Å². The molecule has 188 valence electrons. The number of hydroxylamine groups is 4. The first-order chi connectivity index (χ1) is 17.0. The van der Waals surface area contributed by atoms with Gasteiger partial charge in [0.15, 0.2) is 0 Å². The molecule has 2 aromatic carbocycles. The summed E-state index contributed by atoms with van der Waals surface area (Å²) < 4.78 is 6.57. The van der Waals surface area contributed by atoms with Gasteiger partial charge in [-0.1, -0.05) is 60.7 Å². The van der Waals surface area contributed by atoms with Gasteiger partial charge >= 0.3 is 0 Å². The number of carbonyl (C=O) groups excluding carboxylic acids is 2. The number of ether oxygens (including phenoxy) is 1. The minimum Gasteiger partial charge on any atom is -0.365 e. The Kier molecular flexibility index (Phi) is 8.84. The van der Waals surface area contributed by atoms with Gasteiger partial charge in [-0.25, -0.2) is 0 Å². The first-order valence-corrected chi connectivity index (χ1v) is 12.2. The van der Waals surface area contributed by atoms with Crippen molar-refractivity contribution in [1.82, 2.24) is 19.9 Å². The zero-order chi connectivity index (χ0) is 24.6. The third-order valence-electron chi connectivity index (χ3n) is 6.61. The molecule has 0 aromatic heterocycles. The van der Waals surface area contributed by atoms with Gasteiger partial charge < -0.3 is 25.0 Å². The summed E-state index contributed by atoms with van der Waals surface area (Å²) in [5, 5.41) is 21.7. The average molecular weight is 483 g/mol. The van der Waals surface area contributed by atoms with Crippen molar-refractivity contribution in [2.24, 2.45) is 0 Å². The fraction of sp³-hybridized carbons (Fsp3) is 0.462. The van der Waals surface area contributed by atoms with Gasteiger partial charge in [-0.05, 0) is 11.1 Å². The molecule has 2 aliphatic rings. The Hall–Kier alpha value is -2.82. The predicted octanol–water partition coefficient (Wildman–Crippen LogP) is 2.33. The van der Waals surface area contributed by atoms with Crippen LogP contribution in [0.4, 0.5) is 0 Å². The number of piperazine rings is 2. The maximum atomic E-state index is 13.1. The van der Waals surface area contributed by atoms with E-state index in [2.05, 4.69) is 0 Å². The zero-order valence-corrected chi connectivity index (χ0v) is 19.9. The molecule has 2 atom stereocenters. The molecule has 2 fully saturated rings. The van der Waals surface area contributed by atoms with Crippen LogP contribution in [0, 0.1) is 0 Å². The molecule has 4 rings (SSSR count). The van der Waals surface area contributed by atoms with E-state index >= 15 is 0 Å². The van der Waals surface area contributed by atoms with E-state index in [1.165, 1.54) is 10.1 Å². The lowest BCUT2D eigenvalue weighted by Crippen LogP contribution is -2.48. The van der Waals surface area contributed by atoms with Crippen LogP contribution in [0.2, 0.25) is 0 Å². The van der Waals surface area contributed by atoms with E-state index in [4.69, 9.17) is 4.74 Å². The van der Waals surface area contributed by atoms with Crippen molar-refractivity contribution in [1.29, 1.82) is 0 Å². The van der Waals surface area contributed by atoms with E-state index in [9.17, 15) is 20.0 Å². The number of rotatable bonds is 8. The van der Waals surface area contributed by atoms with E-state index in [1.807, 2.05) is 60.7 Å². The lowest BCUT2D eigenvalue weighted by Gasteiger charge is -2.34. The second-order valence-electron chi connectivity index (χ2n) is 9.01. The van der Waals surface area contributed by atoms with Gasteiger partial charge in [0.1, 0.15) is 0 Å². The maximum absolute atomic E-state index is 13.1. The predicted molar refractivity (Wildman–Crippen MR) is 129 cm³/mol. The maximum Gasteiger partial charge on any atom is 0.225 e. The minimum atomic E-state index is -0.525. The Labute approximate surface area is 206 Å². The number of hydrogen-bond donors (Lipinski definition) is 2. The molecule has 35 heavy (non-hydrogen) atoms. The first kappa shape index (κ1) is 25.3. The first-order valence-electron chi connectivity index (χ1n) is 12.2. The fourth-order valence-corrected chi connectivity index (χ4v) is 4.49. The summed E-state index contributed by atoms with van der Waals surface area (Å²) in [5.41, 5.74) is 1.76. The SMILES string of the molecule is O=C(CC(OC(CC(=O)N1CCN(O)CC1)c1ccccc1)c1ccccc1)N1CCN(O)CC1. The molecule has 9 nitrogen and oxygen atoms in total. The fourth-order valence-electron chi connectivity index (χ4n) is 4.49. The van der Waals surface area contributed by atoms with Crippen LogP contribution in [-0.4, -0.2) is 94.5 Å². The molecule has 0 saturated carbocycles. The molecule has 9 heteroatoms. The van der Waals surface area contributed by atoms with Crippen molar-refractivity contribution in [3.05, 3.63) is 71.8 Å². The van der Waals surface area contributed by atoms with E-state index in [0.717, 1.165) is 11.1 Å². The molecule has 2 N–H and O–H groups in total. The quantitative estimate of drug-likeness (QED) is 0.596. The molecule has 0 radical (unpaired) electrons. The highest BCUT2D eigenvalue weighted by atomic mass is 16.5. The molecule has 0 aliphatic carbocycles. The minimum absolute atomic E-state index is 0.0378. The smallest absolute Gasteiger partial charge is 0.225 e. The summed E-state index contributed by atoms with van der Waals surface area (Å²) in [5.74, 6) is -0.0756. The average Bonchev–Trinajstić information content (AvgIpc) is 2.89. The van der Waals surface area contributed by atoms with E-state index in [-0.39, 0.29) is 24.7 Å². The molecule has 2 aromatic rings. The van der Waals surface area contributed by atoms with E-state index in [0.29, 0.717) is 52.4 Å². The van der Waals surface area contributed by atoms with Crippen LogP contribution in [0.3, 0.4) is 0 Å². The van der Waals surface area contributed by atoms with Crippen molar-refractivity contribution in [2.75, 3.05) is 52.4 Å². The molecule has 2 saturated heterocycles. The number of amides is 2. The summed E-state index contributed by atoms with van der Waals surface area (Å²) >= 11 is 0. The molecular formula is C26H34N4O5. The van der Waals surface area contributed by atoms with Gasteiger partial charge in [-0.15, -0.1) is 0 Å². The summed E-state index contributed by atoms with van der Waals surface area (Å²) in [6.07, 6.45) is -0.752. The molecule has 2 amide bonds. The topological polar surface area (TPSA) is 96.8 Å². The van der Waals surface area contributed by atoms with Gasteiger partial charge in [0, 0.05) is 52.4 Å². The number of nitrogens with zero attached hydrogens (tertiary/aromatic N) is 4. The van der Waals surface area contributed by atoms with E-state index in [1.54, 1.807) is 9.80 Å². The van der Waals surface area contributed by atoms with Crippen molar-refractivity contribution in [3.8, 4) is 0 Å². The van der Waals surface area contributed by atoms with Crippen molar-refractivity contribution < 1.29 is 24.7 Å². The number of benzene rings is 2. The molecule has 2 unspecified atom stereocenters. The highest BCUT2D eigenvalue weighted by Gasteiger charge is 2.29. The normalized spacial score (nSPS) is 19.4. The lowest BCUT2D eigenvalue weighted by atomic mass is 10.0. The zero-order valence-electron chi connectivity index (χ0n) is 19.9. The summed E-state index contributed by atoms with van der Waals surface area (Å²) in [6.45, 7) is 3.55. The van der Waals surface area contributed by atoms with E-state index < -0.39 is 12.2 Å². The highest BCUT2D eigenvalue weighted by molar-refractivity contribution is 5.78. The Morgan fingerprint density at radius 3 is 1.31 bits per heavy atom. The molecular weight excluding hydrogens is 448 g/mol. The Balaban J connectivity index is 1.52. The Bertz CT molecular complexity index is 867. The Morgan fingerprint density at radius 2 is 0.971 bits per heavy atom. The third-order valence-corrected chi connectivity index (χ3v) is 6.61. The molecule has 2 aliphatic heterocycles. The standard InChI is InChI=1S/C26H34N4O5/c31-25(27-11-15-29(33)16-12-27)19-23(21-7-3-1-4-8-21)35-24(22-9-5-2-6-10-22)20-26(32)28-13-17-30(34)18-14-28/h1-10,23-24,33-34H,11-20H2. The summed E-state index contributed by atoms with van der Waals surface area (Å²) in [4.78, 5) is 29.8. The largest absolute Gasteiger partial charge is 0.365 e. The molecule has 0 bridgehead atoms. The van der Waals surface area contributed by atoms with Crippen LogP contribution in [0.1, 0.15) is 36.2 Å². The lowest BCUT2D eigenvalue weighted by molar-refractivity contribution is -0.152. The Morgan fingerprint density at radius 1 is 0.629 bits per heavy atom. The highest BCUT2D eigenvalue weighted by Crippen LogP contribution is 2.32. The second kappa shape index (κ2) is 12.2. The van der Waals surface area contributed by atoms with Crippen molar-refractivity contribution in [2.45, 2.75) is 25.0 Å². The van der Waals surface area contributed by atoms with Crippen LogP contribution in [-0.2, 0) is 14.3 Å².